The van der Waals surface area contributed by atoms with Crippen LogP contribution in [-0.4, -0.2) is 40.1 Å². The van der Waals surface area contributed by atoms with Crippen LogP contribution in [0.2, 0.25) is 0 Å². The molecule has 0 saturated carbocycles. The van der Waals surface area contributed by atoms with Gasteiger partial charge in [-0.3, -0.25) is 0 Å². The van der Waals surface area contributed by atoms with Gasteiger partial charge in [-0.2, -0.15) is 0 Å². The Labute approximate surface area is 129 Å². The number of nitrogens with zero attached hydrogens (tertiary/aromatic N) is 2. The van der Waals surface area contributed by atoms with Gasteiger partial charge in [0.1, 0.15) is 0 Å². The van der Waals surface area contributed by atoms with Gasteiger partial charge in [-0.1, -0.05) is 18.3 Å². The average Bonchev–Trinajstić information content (AvgIpc) is 2.97. The Morgan fingerprint density at radius 1 is 1.29 bits per heavy atom. The van der Waals surface area contributed by atoms with Crippen LogP contribution in [0.4, 0.5) is 0 Å². The first-order valence-corrected chi connectivity index (χ1v) is 8.60. The summed E-state index contributed by atoms with van der Waals surface area (Å²) in [4.78, 5) is 0.944. The van der Waals surface area contributed by atoms with Gasteiger partial charge in [0, 0.05) is 19.8 Å². The van der Waals surface area contributed by atoms with E-state index < -0.39 is 6.10 Å². The van der Waals surface area contributed by atoms with Crippen molar-refractivity contribution in [1.29, 1.82) is 0 Å². The highest BCUT2D eigenvalue weighted by Gasteiger charge is 2.42. The molecular formula is C15H24N2O3S. The van der Waals surface area contributed by atoms with E-state index in [1.165, 1.54) is 11.5 Å². The van der Waals surface area contributed by atoms with Gasteiger partial charge in [0.2, 0.25) is 0 Å². The minimum Gasteiger partial charge on any atom is -0.387 e. The van der Waals surface area contributed by atoms with Crippen LogP contribution in [0.3, 0.4) is 0 Å². The maximum Gasteiger partial charge on any atom is 0.0947 e. The van der Waals surface area contributed by atoms with Crippen LogP contribution in [0, 0.1) is 5.92 Å². The summed E-state index contributed by atoms with van der Waals surface area (Å²) in [5.41, 5.74) is 0.859. The highest BCUT2D eigenvalue weighted by atomic mass is 32.1. The molecule has 21 heavy (non-hydrogen) atoms. The van der Waals surface area contributed by atoms with E-state index in [9.17, 15) is 5.11 Å². The predicted molar refractivity (Wildman–Crippen MR) is 80.4 cm³/mol. The molecule has 3 heterocycles. The summed E-state index contributed by atoms with van der Waals surface area (Å²) >= 11 is 1.34. The number of hydrogen-bond acceptors (Lipinski definition) is 6. The Balaban J connectivity index is 1.74. The molecule has 2 aliphatic rings. The van der Waals surface area contributed by atoms with Crippen molar-refractivity contribution in [1.82, 2.24) is 9.59 Å². The van der Waals surface area contributed by atoms with Crippen molar-refractivity contribution < 1.29 is 14.6 Å². The molecule has 0 radical (unpaired) electrons. The third-order valence-corrected chi connectivity index (χ3v) is 5.55. The first-order chi connectivity index (χ1) is 10.1. The minimum absolute atomic E-state index is 0.0851. The summed E-state index contributed by atoms with van der Waals surface area (Å²) in [6, 6.07) is 0. The molecular weight excluding hydrogens is 288 g/mol. The Morgan fingerprint density at radius 3 is 2.76 bits per heavy atom. The van der Waals surface area contributed by atoms with Crippen LogP contribution in [0.5, 0.6) is 0 Å². The average molecular weight is 312 g/mol. The molecule has 6 heteroatoms. The molecule has 5 nitrogen and oxygen atoms in total. The summed E-state index contributed by atoms with van der Waals surface area (Å²) in [5.74, 6) is 0.530. The molecule has 0 aromatic carbocycles. The van der Waals surface area contributed by atoms with E-state index in [-0.39, 0.29) is 11.5 Å². The molecule has 0 bridgehead atoms. The lowest BCUT2D eigenvalue weighted by molar-refractivity contribution is -0.158. The summed E-state index contributed by atoms with van der Waals surface area (Å²) in [6.45, 7) is 6.45. The van der Waals surface area contributed by atoms with Gasteiger partial charge in [-0.25, -0.2) is 0 Å². The number of rotatable bonds is 3. The van der Waals surface area contributed by atoms with Crippen molar-refractivity contribution in [2.45, 2.75) is 57.2 Å². The molecule has 2 aliphatic heterocycles. The molecule has 1 aromatic heterocycles. The fraction of sp³-hybridized carbons (Fsp3) is 0.867. The second-order valence-corrected chi connectivity index (χ2v) is 7.30. The molecule has 1 aromatic rings. The number of aliphatic hydroxyl groups is 1. The summed E-state index contributed by atoms with van der Waals surface area (Å²) in [7, 11) is 0. The second kappa shape index (κ2) is 6.28. The predicted octanol–water partition coefficient (Wildman–Crippen LogP) is 2.67. The van der Waals surface area contributed by atoms with Crippen molar-refractivity contribution in [2.24, 2.45) is 5.92 Å². The lowest BCUT2D eigenvalue weighted by Crippen LogP contribution is -2.45. The van der Waals surface area contributed by atoms with Crippen molar-refractivity contribution in [3.05, 3.63) is 10.6 Å². The first kappa shape index (κ1) is 15.3. The van der Waals surface area contributed by atoms with Gasteiger partial charge in [-0.15, -0.1) is 5.10 Å². The van der Waals surface area contributed by atoms with E-state index in [4.69, 9.17) is 9.47 Å². The SMILES string of the molecule is CC(C)c1nnsc1C(O)C1CCOC2(CCOCC2)C1. The van der Waals surface area contributed by atoms with Crippen molar-refractivity contribution in [3.8, 4) is 0 Å². The van der Waals surface area contributed by atoms with Gasteiger partial charge in [0.05, 0.1) is 22.3 Å². The Kier molecular flexibility index (Phi) is 4.59. The third kappa shape index (κ3) is 3.13. The first-order valence-electron chi connectivity index (χ1n) is 7.83. The van der Waals surface area contributed by atoms with Crippen LogP contribution in [0.1, 0.15) is 62.1 Å². The zero-order valence-corrected chi connectivity index (χ0v) is 13.6. The normalized spacial score (nSPS) is 27.1. The zero-order valence-electron chi connectivity index (χ0n) is 12.7. The van der Waals surface area contributed by atoms with E-state index in [2.05, 4.69) is 23.4 Å². The Morgan fingerprint density at radius 2 is 2.05 bits per heavy atom. The molecule has 1 N–H and O–H groups in total. The molecule has 1 spiro atoms. The van der Waals surface area contributed by atoms with E-state index in [0.29, 0.717) is 5.92 Å². The van der Waals surface area contributed by atoms with Crippen molar-refractivity contribution in [2.75, 3.05) is 19.8 Å². The Bertz CT molecular complexity index is 466. The smallest absolute Gasteiger partial charge is 0.0947 e. The fourth-order valence-electron chi connectivity index (χ4n) is 3.45. The van der Waals surface area contributed by atoms with Gasteiger partial charge in [0.25, 0.3) is 0 Å². The molecule has 0 amide bonds. The summed E-state index contributed by atoms with van der Waals surface area (Å²) in [5, 5.41) is 15.0. The largest absolute Gasteiger partial charge is 0.387 e. The highest BCUT2D eigenvalue weighted by Crippen LogP contribution is 2.43. The zero-order chi connectivity index (χ0) is 14.9. The van der Waals surface area contributed by atoms with Crippen LogP contribution < -0.4 is 0 Å². The lowest BCUT2D eigenvalue weighted by Gasteiger charge is -2.44. The number of ether oxygens (including phenoxy) is 2. The lowest BCUT2D eigenvalue weighted by atomic mass is 9.78. The van der Waals surface area contributed by atoms with Gasteiger partial charge in [-0.05, 0) is 49.1 Å². The van der Waals surface area contributed by atoms with Gasteiger partial charge < -0.3 is 14.6 Å². The molecule has 2 fully saturated rings. The van der Waals surface area contributed by atoms with E-state index >= 15 is 0 Å². The number of aliphatic hydroxyl groups excluding tert-OH is 1. The van der Waals surface area contributed by atoms with Crippen LogP contribution in [0.15, 0.2) is 0 Å². The van der Waals surface area contributed by atoms with Crippen LogP contribution in [-0.2, 0) is 9.47 Å². The van der Waals surface area contributed by atoms with Crippen molar-refractivity contribution >= 4 is 11.5 Å². The maximum atomic E-state index is 10.8. The topological polar surface area (TPSA) is 64.5 Å². The molecule has 3 rings (SSSR count). The summed E-state index contributed by atoms with van der Waals surface area (Å²) in [6.07, 6.45) is 3.22. The number of aromatic nitrogens is 2. The minimum atomic E-state index is -0.467. The second-order valence-electron chi connectivity index (χ2n) is 6.52. The standard InChI is InChI=1S/C15H24N2O3S/c1-10(2)12-14(21-17-16-12)13(18)11-3-6-20-15(9-11)4-7-19-8-5-15/h10-11,13,18H,3-9H2,1-2H3. The van der Waals surface area contributed by atoms with Gasteiger partial charge in [0.15, 0.2) is 0 Å². The third-order valence-electron chi connectivity index (χ3n) is 4.74. The maximum absolute atomic E-state index is 10.8. The molecule has 118 valence electrons. The van der Waals surface area contributed by atoms with E-state index in [1.54, 1.807) is 0 Å². The van der Waals surface area contributed by atoms with Crippen LogP contribution >= 0.6 is 11.5 Å². The van der Waals surface area contributed by atoms with Crippen molar-refractivity contribution in [3.63, 3.8) is 0 Å². The quantitative estimate of drug-likeness (QED) is 0.929. The highest BCUT2D eigenvalue weighted by molar-refractivity contribution is 7.05. The van der Waals surface area contributed by atoms with Gasteiger partial charge >= 0.3 is 0 Å². The molecule has 2 unspecified atom stereocenters. The molecule has 2 saturated heterocycles. The fourth-order valence-corrected chi connectivity index (χ4v) is 4.34. The summed E-state index contributed by atoms with van der Waals surface area (Å²) < 4.78 is 15.6. The molecule has 2 atom stereocenters. The number of hydrogen-bond donors (Lipinski definition) is 1. The van der Waals surface area contributed by atoms with E-state index in [1.807, 2.05) is 0 Å². The monoisotopic (exact) mass is 312 g/mol. The molecule has 0 aliphatic carbocycles. The van der Waals surface area contributed by atoms with E-state index in [0.717, 1.165) is 56.1 Å². The Hall–Kier alpha value is -0.560. The van der Waals surface area contributed by atoms with Crippen LogP contribution in [0.25, 0.3) is 0 Å².